The number of quaternary nitrogens is 1. The minimum absolute atomic E-state index is 0.0342. The van der Waals surface area contributed by atoms with Gasteiger partial charge in [-0.3, -0.25) is 4.98 Å². The summed E-state index contributed by atoms with van der Waals surface area (Å²) in [6, 6.07) is 11.1. The second-order valence-corrected chi connectivity index (χ2v) is 10.3. The van der Waals surface area contributed by atoms with Gasteiger partial charge >= 0.3 is 0 Å². The molecular formula is C22H25ClN4O4S. The van der Waals surface area contributed by atoms with Gasteiger partial charge in [-0.2, -0.15) is 4.81 Å². The minimum Gasteiger partial charge on any atom is -0.593 e. The fourth-order valence-corrected chi connectivity index (χ4v) is 5.31. The summed E-state index contributed by atoms with van der Waals surface area (Å²) in [5.74, 6) is 0. The smallest absolute Gasteiger partial charge is 0.238 e. The molecule has 0 spiro atoms. The number of hydrogen-bond acceptors (Lipinski definition) is 6. The maximum atomic E-state index is 13.1. The van der Waals surface area contributed by atoms with E-state index in [-0.39, 0.29) is 16.6 Å². The maximum Gasteiger partial charge on any atom is 0.238 e. The first kappa shape index (κ1) is 22.9. The van der Waals surface area contributed by atoms with Gasteiger partial charge in [0, 0.05) is 53.3 Å². The third-order valence-corrected chi connectivity index (χ3v) is 7.39. The number of nitrogens with one attached hydrogen (secondary N) is 1. The molecule has 8 nitrogen and oxygen atoms in total. The lowest BCUT2D eigenvalue weighted by atomic mass is 9.90. The number of hydrogen-bond donors (Lipinski definition) is 3. The highest BCUT2D eigenvalue weighted by molar-refractivity contribution is 7.89. The highest BCUT2D eigenvalue weighted by Gasteiger charge is 2.35. The molecule has 1 aliphatic carbocycles. The van der Waals surface area contributed by atoms with E-state index in [1.807, 2.05) is 24.3 Å². The molecule has 1 fully saturated rings. The lowest BCUT2D eigenvalue weighted by Crippen LogP contribution is -2.51. The average molecular weight is 477 g/mol. The third kappa shape index (κ3) is 4.59. The largest absolute Gasteiger partial charge is 0.593 e. The third-order valence-electron chi connectivity index (χ3n) is 6.10. The minimum atomic E-state index is -3.99. The van der Waals surface area contributed by atoms with Gasteiger partial charge in [0.1, 0.15) is 6.04 Å². The van der Waals surface area contributed by atoms with Crippen molar-refractivity contribution in [3.8, 4) is 0 Å². The molecule has 32 heavy (non-hydrogen) atoms. The number of halogens is 1. The summed E-state index contributed by atoms with van der Waals surface area (Å²) in [7, 11) is -3.99. The molecule has 3 aromatic rings. The zero-order chi connectivity index (χ0) is 23.1. The molecule has 10 heteroatoms. The zero-order valence-corrected chi connectivity index (χ0v) is 19.1. The van der Waals surface area contributed by atoms with Gasteiger partial charge in [-0.25, -0.2) is 18.8 Å². The molecule has 4 N–H and O–H groups in total. The average Bonchev–Trinajstić information content (AvgIpc) is 2.73. The molecular weight excluding hydrogens is 452 g/mol. The van der Waals surface area contributed by atoms with Crippen LogP contribution in [0.4, 0.5) is 11.4 Å². The van der Waals surface area contributed by atoms with Crippen molar-refractivity contribution in [1.29, 1.82) is 0 Å². The number of anilines is 1. The molecule has 0 radical (unpaired) electrons. The SMILES string of the molecule is Cc1ccc([N+]([O-])(O)C2CCC(Nc3ccnc4cc(Cl)ccc34)CC2)cc1S(N)(=O)=O. The number of aryl methyl sites for hydroxylation is 1. The summed E-state index contributed by atoms with van der Waals surface area (Å²) < 4.78 is 23.6. The standard InChI is InChI=1S/C22H25ClN4O4S/c1-14-2-6-18(13-22(14)32(24,30)31)27(28,29)17-7-4-16(5-8-17)26-20-10-11-25-21-12-15(23)3-9-19(20)21/h2-3,6,9-13,16-17,28H,4-5,7-8H2,1H3,(H,25,26)(H2,24,30,31). The van der Waals surface area contributed by atoms with Crippen LogP contribution in [0.25, 0.3) is 10.9 Å². The van der Waals surface area contributed by atoms with Crippen LogP contribution in [0.2, 0.25) is 5.02 Å². The fourth-order valence-electron chi connectivity index (χ4n) is 4.34. The fraction of sp³-hybridized carbons (Fsp3) is 0.318. The molecule has 1 saturated carbocycles. The predicted octanol–water partition coefficient (Wildman–Crippen LogP) is 4.46. The van der Waals surface area contributed by atoms with Gasteiger partial charge in [-0.15, -0.1) is 0 Å². The summed E-state index contributed by atoms with van der Waals surface area (Å²) in [5.41, 5.74) is 2.13. The molecule has 1 atom stereocenters. The van der Waals surface area contributed by atoms with Crippen LogP contribution in [0, 0.1) is 12.1 Å². The van der Waals surface area contributed by atoms with E-state index in [4.69, 9.17) is 16.7 Å². The number of aromatic nitrogens is 1. The molecule has 0 amide bonds. The first-order valence-electron chi connectivity index (χ1n) is 10.3. The zero-order valence-electron chi connectivity index (χ0n) is 17.5. The van der Waals surface area contributed by atoms with Crippen LogP contribution in [-0.4, -0.2) is 30.7 Å². The van der Waals surface area contributed by atoms with Crippen molar-refractivity contribution in [1.82, 2.24) is 9.79 Å². The van der Waals surface area contributed by atoms with Crippen molar-refractivity contribution in [2.45, 2.75) is 49.6 Å². The van der Waals surface area contributed by atoms with Gasteiger partial charge in [0.15, 0.2) is 5.69 Å². The first-order valence-corrected chi connectivity index (χ1v) is 12.3. The molecule has 0 aliphatic heterocycles. The van der Waals surface area contributed by atoms with Crippen LogP contribution in [-0.2, 0) is 10.0 Å². The maximum absolute atomic E-state index is 13.1. The molecule has 0 saturated heterocycles. The number of fused-ring (bicyclic) bond motifs is 1. The topological polar surface area (TPSA) is 128 Å². The summed E-state index contributed by atoms with van der Waals surface area (Å²) in [5, 5.41) is 34.2. The number of rotatable bonds is 5. The molecule has 1 heterocycles. The summed E-state index contributed by atoms with van der Waals surface area (Å²) in [6.45, 7) is 1.59. The van der Waals surface area contributed by atoms with Crippen LogP contribution in [0.1, 0.15) is 31.2 Å². The summed E-state index contributed by atoms with van der Waals surface area (Å²) in [6.07, 6.45) is 4.04. The molecule has 4 rings (SSSR count). The highest BCUT2D eigenvalue weighted by Crippen LogP contribution is 2.35. The van der Waals surface area contributed by atoms with Gasteiger partial charge in [0.2, 0.25) is 10.0 Å². The van der Waals surface area contributed by atoms with E-state index >= 15 is 0 Å². The Kier molecular flexibility index (Phi) is 6.15. The first-order chi connectivity index (χ1) is 15.1. The lowest BCUT2D eigenvalue weighted by Gasteiger charge is -2.43. The summed E-state index contributed by atoms with van der Waals surface area (Å²) in [4.78, 5) is 2.58. The van der Waals surface area contributed by atoms with Gasteiger partial charge in [-0.05, 0) is 49.6 Å². The van der Waals surface area contributed by atoms with E-state index in [0.29, 0.717) is 36.3 Å². The van der Waals surface area contributed by atoms with Gasteiger partial charge in [0.05, 0.1) is 10.4 Å². The van der Waals surface area contributed by atoms with Crippen molar-refractivity contribution >= 4 is 43.9 Å². The Morgan fingerprint density at radius 1 is 1.16 bits per heavy atom. The van der Waals surface area contributed by atoms with E-state index < -0.39 is 20.9 Å². The van der Waals surface area contributed by atoms with Crippen molar-refractivity contribution in [2.24, 2.45) is 5.14 Å². The molecule has 1 unspecified atom stereocenters. The number of nitrogens with zero attached hydrogens (tertiary/aromatic N) is 2. The van der Waals surface area contributed by atoms with Crippen LogP contribution in [0.15, 0.2) is 53.6 Å². The summed E-state index contributed by atoms with van der Waals surface area (Å²) >= 11 is 6.06. The Bertz CT molecular complexity index is 1260. The van der Waals surface area contributed by atoms with Crippen LogP contribution >= 0.6 is 11.6 Å². The number of benzene rings is 2. The van der Waals surface area contributed by atoms with Crippen molar-refractivity contribution in [3.63, 3.8) is 0 Å². The monoisotopic (exact) mass is 476 g/mol. The van der Waals surface area contributed by atoms with Crippen molar-refractivity contribution < 1.29 is 13.6 Å². The Hall–Kier alpha value is -2.27. The molecule has 1 aromatic heterocycles. The number of primary sulfonamides is 1. The molecule has 1 aliphatic rings. The highest BCUT2D eigenvalue weighted by atomic mass is 35.5. The number of pyridine rings is 1. The molecule has 0 bridgehead atoms. The van der Waals surface area contributed by atoms with Crippen LogP contribution in [0.3, 0.4) is 0 Å². The normalized spacial score (nSPS) is 21.3. The molecule has 170 valence electrons. The second-order valence-electron chi connectivity index (χ2n) is 8.29. The quantitative estimate of drug-likeness (QED) is 0.368. The Morgan fingerprint density at radius 3 is 2.56 bits per heavy atom. The Morgan fingerprint density at radius 2 is 1.88 bits per heavy atom. The van der Waals surface area contributed by atoms with Gasteiger partial charge in [0.25, 0.3) is 0 Å². The van der Waals surface area contributed by atoms with E-state index in [1.54, 1.807) is 13.1 Å². The number of nitrogens with two attached hydrogens (primary N) is 1. The van der Waals surface area contributed by atoms with E-state index in [1.165, 1.54) is 18.2 Å². The van der Waals surface area contributed by atoms with Gasteiger partial charge < -0.3 is 10.5 Å². The number of sulfonamides is 1. The van der Waals surface area contributed by atoms with Crippen LogP contribution < -0.4 is 15.3 Å². The van der Waals surface area contributed by atoms with Crippen LogP contribution in [0.5, 0.6) is 0 Å². The van der Waals surface area contributed by atoms with E-state index in [0.717, 1.165) is 16.6 Å². The second kappa shape index (κ2) is 8.58. The van der Waals surface area contributed by atoms with Crippen molar-refractivity contribution in [2.75, 3.05) is 5.32 Å². The van der Waals surface area contributed by atoms with E-state index in [9.17, 15) is 18.8 Å². The molecule has 2 aromatic carbocycles. The van der Waals surface area contributed by atoms with Gasteiger partial charge in [-0.1, -0.05) is 17.7 Å². The number of hydroxylamine groups is 2. The predicted molar refractivity (Wildman–Crippen MR) is 126 cm³/mol. The Labute approximate surface area is 191 Å². The lowest BCUT2D eigenvalue weighted by molar-refractivity contribution is -0.0791. The van der Waals surface area contributed by atoms with E-state index in [2.05, 4.69) is 10.3 Å². The Balaban J connectivity index is 1.48. The van der Waals surface area contributed by atoms with Crippen molar-refractivity contribution in [3.05, 3.63) is 64.5 Å².